The first-order chi connectivity index (χ1) is 13.9. The molecule has 0 aliphatic carbocycles. The molecule has 0 spiro atoms. The largest absolute Gasteiger partial charge is 0.443 e. The number of esters is 1. The minimum atomic E-state index is -0.907. The molecule has 29 heavy (non-hydrogen) atoms. The molecule has 0 radical (unpaired) electrons. The monoisotopic (exact) mass is 442 g/mol. The third-order valence-corrected chi connectivity index (χ3v) is 4.47. The quantitative estimate of drug-likeness (QED) is 0.368. The maximum Gasteiger partial charge on any atom is 0.339 e. The predicted octanol–water partition coefficient (Wildman–Crippen LogP) is 5.84. The summed E-state index contributed by atoms with van der Waals surface area (Å²) in [6.07, 6.45) is 0. The lowest BCUT2D eigenvalue weighted by atomic mass is 10.1. The van der Waals surface area contributed by atoms with Crippen molar-refractivity contribution < 1.29 is 9.53 Å². The average molecular weight is 443 g/mol. The fourth-order valence-electron chi connectivity index (χ4n) is 2.43. The van der Waals surface area contributed by atoms with E-state index in [0.717, 1.165) is 21.2 Å². The molecule has 3 aromatic rings. The zero-order valence-electron chi connectivity index (χ0n) is 16.2. The molecule has 0 unspecified atom stereocenters. The van der Waals surface area contributed by atoms with Crippen molar-refractivity contribution in [1.82, 2.24) is 0 Å². The molecule has 0 aliphatic rings. The zero-order valence-corrected chi connectivity index (χ0v) is 17.8. The summed E-state index contributed by atoms with van der Waals surface area (Å²) in [4.78, 5) is 12.3. The van der Waals surface area contributed by atoms with E-state index in [1.807, 2.05) is 54.6 Å². The van der Waals surface area contributed by atoms with Gasteiger partial charge in [-0.25, -0.2) is 4.79 Å². The third-order valence-electron chi connectivity index (χ3n) is 3.95. The molecule has 2 nitrogen and oxygen atoms in total. The molecule has 0 bridgehead atoms. The van der Waals surface area contributed by atoms with Crippen LogP contribution in [0.2, 0.25) is 0 Å². The molecular weight excluding hydrogens is 424 g/mol. The van der Waals surface area contributed by atoms with Crippen LogP contribution in [0.5, 0.6) is 0 Å². The van der Waals surface area contributed by atoms with Gasteiger partial charge in [0.05, 0.1) is 5.56 Å². The van der Waals surface area contributed by atoms with Gasteiger partial charge in [0, 0.05) is 21.2 Å². The Bertz CT molecular complexity index is 1110. The summed E-state index contributed by atoms with van der Waals surface area (Å²) < 4.78 is 6.45. The van der Waals surface area contributed by atoms with Crippen LogP contribution in [-0.4, -0.2) is 11.6 Å². The normalized spacial score (nSPS) is 10.2. The molecule has 0 atom stereocenters. The second-order valence-electron chi connectivity index (χ2n) is 6.85. The summed E-state index contributed by atoms with van der Waals surface area (Å²) in [5.41, 5.74) is 2.31. The van der Waals surface area contributed by atoms with E-state index in [9.17, 15) is 4.79 Å². The second kappa shape index (κ2) is 9.28. The van der Waals surface area contributed by atoms with Crippen LogP contribution in [-0.2, 0) is 4.74 Å². The molecule has 0 saturated heterocycles. The summed E-state index contributed by atoms with van der Waals surface area (Å²) in [6, 6.07) is 24.6. The fourth-order valence-corrected chi connectivity index (χ4v) is 2.69. The van der Waals surface area contributed by atoms with Gasteiger partial charge in [0.1, 0.15) is 0 Å². The molecular formula is C26H19BrO2. The summed E-state index contributed by atoms with van der Waals surface area (Å²) in [5, 5.41) is 0. The van der Waals surface area contributed by atoms with Gasteiger partial charge in [-0.15, -0.1) is 0 Å². The van der Waals surface area contributed by atoms with Crippen molar-refractivity contribution in [3.8, 4) is 23.7 Å². The van der Waals surface area contributed by atoms with Crippen LogP contribution in [0.3, 0.4) is 0 Å². The molecule has 0 heterocycles. The molecule has 3 heteroatoms. The van der Waals surface area contributed by atoms with E-state index in [0.29, 0.717) is 5.56 Å². The van der Waals surface area contributed by atoms with Crippen molar-refractivity contribution in [3.63, 3.8) is 0 Å². The Balaban J connectivity index is 1.66. The van der Waals surface area contributed by atoms with Crippen LogP contribution in [0.1, 0.15) is 40.9 Å². The van der Waals surface area contributed by atoms with Gasteiger partial charge in [0.15, 0.2) is 5.60 Å². The van der Waals surface area contributed by atoms with E-state index < -0.39 is 11.6 Å². The van der Waals surface area contributed by atoms with Crippen molar-refractivity contribution in [3.05, 3.63) is 106 Å². The standard InChI is InChI=1S/C26H19BrO2/c1-26(2,29-25(28)23-14-16-24(27)17-15-23)19-18-22-12-10-21(11-13-22)9-8-20-6-4-3-5-7-20/h3-7,10-17H,1-2H3. The first-order valence-electron chi connectivity index (χ1n) is 9.10. The van der Waals surface area contributed by atoms with Crippen molar-refractivity contribution in [2.75, 3.05) is 0 Å². The van der Waals surface area contributed by atoms with Crippen molar-refractivity contribution >= 4 is 21.9 Å². The predicted molar refractivity (Wildman–Crippen MR) is 119 cm³/mol. The summed E-state index contributed by atoms with van der Waals surface area (Å²) in [5.74, 6) is 12.0. The van der Waals surface area contributed by atoms with E-state index in [1.165, 1.54) is 0 Å². The Hall–Kier alpha value is -3.27. The highest BCUT2D eigenvalue weighted by Crippen LogP contribution is 2.15. The number of rotatable bonds is 2. The SMILES string of the molecule is CC(C)(C#Cc1ccc(C#Cc2ccccc2)cc1)OC(=O)c1ccc(Br)cc1. The topological polar surface area (TPSA) is 26.3 Å². The first-order valence-corrected chi connectivity index (χ1v) is 9.90. The van der Waals surface area contributed by atoms with Crippen LogP contribution < -0.4 is 0 Å². The van der Waals surface area contributed by atoms with Gasteiger partial charge in [-0.2, -0.15) is 0 Å². The Labute approximate surface area is 180 Å². The van der Waals surface area contributed by atoms with Gasteiger partial charge in [-0.05, 0) is 74.5 Å². The number of benzene rings is 3. The van der Waals surface area contributed by atoms with E-state index in [4.69, 9.17) is 4.74 Å². The Morgan fingerprint density at radius 1 is 0.759 bits per heavy atom. The van der Waals surface area contributed by atoms with Gasteiger partial charge in [-0.1, -0.05) is 57.8 Å². The number of halogens is 1. The summed E-state index contributed by atoms with van der Waals surface area (Å²) in [7, 11) is 0. The van der Waals surface area contributed by atoms with Gasteiger partial charge in [0.25, 0.3) is 0 Å². The van der Waals surface area contributed by atoms with Crippen molar-refractivity contribution in [2.24, 2.45) is 0 Å². The third kappa shape index (κ3) is 6.39. The lowest BCUT2D eigenvalue weighted by Crippen LogP contribution is -2.26. The molecule has 3 rings (SSSR count). The maximum absolute atomic E-state index is 12.3. The molecule has 0 fully saturated rings. The average Bonchev–Trinajstić information content (AvgIpc) is 2.72. The second-order valence-corrected chi connectivity index (χ2v) is 7.77. The zero-order chi connectivity index (χ0) is 20.7. The number of ether oxygens (including phenoxy) is 1. The molecule has 0 saturated carbocycles. The highest BCUT2D eigenvalue weighted by molar-refractivity contribution is 9.10. The first kappa shape index (κ1) is 20.5. The number of hydrogen-bond acceptors (Lipinski definition) is 2. The lowest BCUT2D eigenvalue weighted by Gasteiger charge is -2.18. The molecule has 0 aliphatic heterocycles. The van der Waals surface area contributed by atoms with Crippen LogP contribution in [0.25, 0.3) is 0 Å². The number of carbonyl (C=O) groups is 1. The smallest absolute Gasteiger partial charge is 0.339 e. The Morgan fingerprint density at radius 3 is 1.86 bits per heavy atom. The van der Waals surface area contributed by atoms with E-state index in [2.05, 4.69) is 39.6 Å². The summed E-state index contributed by atoms with van der Waals surface area (Å²) in [6.45, 7) is 3.55. The summed E-state index contributed by atoms with van der Waals surface area (Å²) >= 11 is 3.35. The highest BCUT2D eigenvalue weighted by Gasteiger charge is 2.21. The molecule has 142 valence electrons. The number of carbonyl (C=O) groups excluding carboxylic acids is 1. The lowest BCUT2D eigenvalue weighted by molar-refractivity contribution is 0.0204. The molecule has 0 N–H and O–H groups in total. The van der Waals surface area contributed by atoms with E-state index in [-0.39, 0.29) is 0 Å². The van der Waals surface area contributed by atoms with Crippen LogP contribution >= 0.6 is 15.9 Å². The van der Waals surface area contributed by atoms with Gasteiger partial charge < -0.3 is 4.74 Å². The number of hydrogen-bond donors (Lipinski definition) is 0. The minimum absolute atomic E-state index is 0.400. The minimum Gasteiger partial charge on any atom is -0.443 e. The Morgan fingerprint density at radius 2 is 1.28 bits per heavy atom. The molecule has 3 aromatic carbocycles. The van der Waals surface area contributed by atoms with Gasteiger partial charge in [0.2, 0.25) is 0 Å². The molecule has 0 aromatic heterocycles. The highest BCUT2D eigenvalue weighted by atomic mass is 79.9. The van der Waals surface area contributed by atoms with E-state index >= 15 is 0 Å². The Kier molecular flexibility index (Phi) is 6.55. The van der Waals surface area contributed by atoms with Gasteiger partial charge >= 0.3 is 5.97 Å². The fraction of sp³-hybridized carbons (Fsp3) is 0.115. The van der Waals surface area contributed by atoms with E-state index in [1.54, 1.807) is 38.1 Å². The van der Waals surface area contributed by atoms with Crippen molar-refractivity contribution in [2.45, 2.75) is 19.4 Å². The van der Waals surface area contributed by atoms with Crippen molar-refractivity contribution in [1.29, 1.82) is 0 Å². The molecule has 0 amide bonds. The van der Waals surface area contributed by atoms with Crippen LogP contribution in [0, 0.1) is 23.7 Å². The van der Waals surface area contributed by atoms with Crippen LogP contribution in [0.15, 0.2) is 83.3 Å². The van der Waals surface area contributed by atoms with Gasteiger partial charge in [-0.3, -0.25) is 0 Å². The maximum atomic E-state index is 12.3. The van der Waals surface area contributed by atoms with Crippen LogP contribution in [0.4, 0.5) is 0 Å².